The molecular formula is C61H101N17O. The molecule has 0 amide bonds. The number of fused-ring (bicyclic) bond motifs is 1. The van der Waals surface area contributed by atoms with Crippen molar-refractivity contribution in [1.82, 2.24) is 49.3 Å². The molecule has 3 unspecified atom stereocenters. The quantitative estimate of drug-likeness (QED) is 0.0558. The van der Waals surface area contributed by atoms with Crippen molar-refractivity contribution >= 4 is 52.0 Å². The van der Waals surface area contributed by atoms with E-state index < -0.39 is 0 Å². The first kappa shape index (κ1) is 58.3. The predicted octanol–water partition coefficient (Wildman–Crippen LogP) is 12.1. The van der Waals surface area contributed by atoms with E-state index in [9.17, 15) is 4.79 Å². The number of rotatable bonds is 15. The van der Waals surface area contributed by atoms with Gasteiger partial charge in [-0.15, -0.1) is 0 Å². The number of nitrogens with one attached hydrogen (secondary N) is 8. The van der Waals surface area contributed by atoms with Crippen molar-refractivity contribution in [3.05, 3.63) is 40.8 Å². The van der Waals surface area contributed by atoms with Crippen LogP contribution in [0.5, 0.6) is 0 Å². The minimum atomic E-state index is 0.0372. The third kappa shape index (κ3) is 15.0. The summed E-state index contributed by atoms with van der Waals surface area (Å²) < 4.78 is 3.60. The molecule has 4 aromatic heterocycles. The fraction of sp³-hybridized carbons (Fsp3) is 0.754. The second kappa shape index (κ2) is 27.9. The summed E-state index contributed by atoms with van der Waals surface area (Å²) in [6.07, 6.45) is 41.9. The lowest BCUT2D eigenvalue weighted by Crippen LogP contribution is -2.38. The first-order valence-corrected chi connectivity index (χ1v) is 31.5. The van der Waals surface area contributed by atoms with Gasteiger partial charge in [0.05, 0.1) is 30.0 Å². The number of hydrogen-bond acceptors (Lipinski definition) is 16. The Balaban J connectivity index is 0.000000140. The zero-order valence-corrected chi connectivity index (χ0v) is 49.6. The second-order valence-electron chi connectivity index (χ2n) is 24.9. The van der Waals surface area contributed by atoms with E-state index in [1.165, 1.54) is 147 Å². The van der Waals surface area contributed by atoms with Crippen molar-refractivity contribution in [2.45, 2.75) is 237 Å². The number of aryl methyl sites for hydroxylation is 1. The van der Waals surface area contributed by atoms with Gasteiger partial charge < -0.3 is 47.4 Å². The molecule has 18 heteroatoms. The molecule has 8 fully saturated rings. The molecule has 6 heterocycles. The Bertz CT molecular complexity index is 2610. The van der Waals surface area contributed by atoms with Crippen LogP contribution in [0.4, 0.5) is 40.9 Å². The third-order valence-corrected chi connectivity index (χ3v) is 18.9. The number of aromatic nitrogens is 8. The highest BCUT2D eigenvalue weighted by atomic mass is 16.1. The van der Waals surface area contributed by atoms with Gasteiger partial charge in [-0.2, -0.15) is 15.0 Å². The summed E-state index contributed by atoms with van der Waals surface area (Å²) in [5, 5.41) is 27.9. The molecule has 0 bridgehead atoms. The van der Waals surface area contributed by atoms with Gasteiger partial charge in [0.25, 0.3) is 0 Å². The van der Waals surface area contributed by atoms with E-state index in [2.05, 4.69) is 96.2 Å². The Morgan fingerprint density at radius 3 is 1.63 bits per heavy atom. The normalized spacial score (nSPS) is 24.3. The summed E-state index contributed by atoms with van der Waals surface area (Å²) in [5.74, 6) is 4.08. The molecule has 2 saturated heterocycles. The largest absolute Gasteiger partial charge is 0.384 e. The lowest BCUT2D eigenvalue weighted by atomic mass is 9.84. The van der Waals surface area contributed by atoms with Gasteiger partial charge in [-0.1, -0.05) is 84.6 Å². The van der Waals surface area contributed by atoms with Gasteiger partial charge in [-0.05, 0) is 140 Å². The summed E-state index contributed by atoms with van der Waals surface area (Å²) in [7, 11) is 5.68. The van der Waals surface area contributed by atoms with Crippen LogP contribution in [0.25, 0.3) is 11.2 Å². The summed E-state index contributed by atoms with van der Waals surface area (Å²) in [5.41, 5.74) is 6.13. The Morgan fingerprint density at radius 2 is 1.10 bits per heavy atom. The lowest BCUT2D eigenvalue weighted by Gasteiger charge is -2.34. The lowest BCUT2D eigenvalue weighted by molar-refractivity contribution is 0.271. The van der Waals surface area contributed by atoms with E-state index in [0.717, 1.165) is 104 Å². The molecule has 8 aliphatic rings. The fourth-order valence-electron chi connectivity index (χ4n) is 14.5. The molecule has 18 nitrogen and oxygen atoms in total. The van der Waals surface area contributed by atoms with E-state index in [4.69, 9.17) is 15.0 Å². The highest BCUT2D eigenvalue weighted by Gasteiger charge is 2.42. The van der Waals surface area contributed by atoms with Crippen LogP contribution in [0.3, 0.4) is 0 Å². The first-order chi connectivity index (χ1) is 38.5. The number of nitrogens with zero attached hydrogens (tertiary/aromatic N) is 9. The summed E-state index contributed by atoms with van der Waals surface area (Å²) in [6.45, 7) is 13.2. The highest BCUT2D eigenvalue weighted by molar-refractivity contribution is 5.72. The monoisotopic (exact) mass is 1090 g/mol. The molecule has 0 radical (unpaired) electrons. The van der Waals surface area contributed by atoms with Gasteiger partial charge in [0.1, 0.15) is 5.52 Å². The van der Waals surface area contributed by atoms with Crippen LogP contribution in [0.2, 0.25) is 0 Å². The Kier molecular flexibility index (Phi) is 20.5. The molecular weight excluding hydrogens is 987 g/mol. The van der Waals surface area contributed by atoms with Crippen molar-refractivity contribution in [2.24, 2.45) is 17.9 Å². The molecule has 2 aliphatic heterocycles. The molecule has 12 rings (SSSR count). The van der Waals surface area contributed by atoms with E-state index in [1.54, 1.807) is 10.8 Å². The van der Waals surface area contributed by atoms with Gasteiger partial charge in [-0.25, -0.2) is 19.7 Å². The first-order valence-electron chi connectivity index (χ1n) is 31.5. The topological polar surface area (TPSA) is 204 Å². The molecule has 79 heavy (non-hydrogen) atoms. The van der Waals surface area contributed by atoms with Crippen LogP contribution in [0.1, 0.15) is 207 Å². The average molecular weight is 1090 g/mol. The van der Waals surface area contributed by atoms with E-state index in [1.807, 2.05) is 38.1 Å². The van der Waals surface area contributed by atoms with Crippen LogP contribution in [0.15, 0.2) is 35.2 Å². The molecule has 6 saturated carbocycles. The van der Waals surface area contributed by atoms with Gasteiger partial charge in [0, 0.05) is 82.7 Å². The summed E-state index contributed by atoms with van der Waals surface area (Å²) >= 11 is 0. The summed E-state index contributed by atoms with van der Waals surface area (Å²) in [6, 6.07) is 2.81. The predicted molar refractivity (Wildman–Crippen MR) is 327 cm³/mol. The number of allylic oxidation sites excluding steroid dienone is 2. The molecule has 3 atom stereocenters. The SMILES string of the molecule is CC/C=C(/C)N1CCC(Nc2ncc(NC)c(NC3CCCC3)n2)CC1.CCC.CNc1cnc(NC2CCC3(CCCC3)C2)nc1NC1CCCC1.Cn1c(=O)n(C2CCCC2)c2nc(NC3CCC4(CCNC4)C3)ncc21. The van der Waals surface area contributed by atoms with Crippen molar-refractivity contribution in [3.8, 4) is 0 Å². The van der Waals surface area contributed by atoms with E-state index in [-0.39, 0.29) is 11.7 Å². The number of piperidine rings is 1. The minimum absolute atomic E-state index is 0.0372. The van der Waals surface area contributed by atoms with E-state index >= 15 is 0 Å². The highest BCUT2D eigenvalue weighted by Crippen LogP contribution is 2.51. The second-order valence-corrected chi connectivity index (χ2v) is 24.9. The summed E-state index contributed by atoms with van der Waals surface area (Å²) in [4.78, 5) is 43.1. The zero-order valence-electron chi connectivity index (χ0n) is 49.6. The Labute approximate surface area is 473 Å². The number of likely N-dealkylation sites (tertiary alicyclic amines) is 1. The average Bonchev–Trinajstić information content (AvgIpc) is 4.52. The standard InChI is InChI=1S/C20H34N6.C19H28N6O.C19H31N5.C3H8/c1-4-7-15(2)26-12-10-17(11-13-26)24-20-22-14-18(21-3)19(25-20)23-16-8-5-6-9-16;1-24-15-11-21-17(22-13-6-7-19(10-13)8-9-20-12-19)23-16(15)25(18(24)26)14-4-2-3-5-14;1-20-16-13-21-18(24-17(16)22-14-6-2-3-7-14)23-15-8-11-19(12-15)9-4-5-10-19;1-3-2/h7,14,16-17,21H,4-6,8-13H2,1-3H3,(H2,22,23,24,25);11,13-14,20H,2-10,12H2,1H3,(H,21,22,23);13-15,20H,2-12H2,1H3,(H2,21,22,23,24);3H2,1-2H3/b15-7-;;;. The van der Waals surface area contributed by atoms with Crippen molar-refractivity contribution in [2.75, 3.05) is 77.5 Å². The molecule has 0 aromatic carbocycles. The van der Waals surface area contributed by atoms with Crippen LogP contribution >= 0.6 is 0 Å². The Hall–Kier alpha value is -5.39. The maximum atomic E-state index is 12.7. The van der Waals surface area contributed by atoms with Crippen LogP contribution in [-0.2, 0) is 7.05 Å². The van der Waals surface area contributed by atoms with Crippen LogP contribution in [0, 0.1) is 10.8 Å². The van der Waals surface area contributed by atoms with Crippen molar-refractivity contribution in [1.29, 1.82) is 0 Å². The maximum Gasteiger partial charge on any atom is 0.330 e. The third-order valence-electron chi connectivity index (χ3n) is 18.9. The molecule has 436 valence electrons. The number of anilines is 7. The molecule has 2 spiro atoms. The maximum absolute atomic E-state index is 12.7. The van der Waals surface area contributed by atoms with Crippen LogP contribution < -0.4 is 48.2 Å². The molecule has 6 aliphatic carbocycles. The Morgan fingerprint density at radius 1 is 0.608 bits per heavy atom. The van der Waals surface area contributed by atoms with Gasteiger partial charge >= 0.3 is 5.69 Å². The van der Waals surface area contributed by atoms with Crippen LogP contribution in [-0.4, -0.2) is 114 Å². The molecule has 4 aromatic rings. The minimum Gasteiger partial charge on any atom is -0.384 e. The van der Waals surface area contributed by atoms with Gasteiger partial charge in [0.2, 0.25) is 17.8 Å². The number of hydrogen-bond donors (Lipinski definition) is 8. The smallest absolute Gasteiger partial charge is 0.330 e. The van der Waals surface area contributed by atoms with E-state index in [0.29, 0.717) is 47.0 Å². The van der Waals surface area contributed by atoms with Crippen molar-refractivity contribution in [3.63, 3.8) is 0 Å². The fourth-order valence-corrected chi connectivity index (χ4v) is 14.5. The van der Waals surface area contributed by atoms with Gasteiger partial charge in [0.15, 0.2) is 17.3 Å². The van der Waals surface area contributed by atoms with Crippen molar-refractivity contribution < 1.29 is 0 Å². The molecule has 8 N–H and O–H groups in total. The van der Waals surface area contributed by atoms with Gasteiger partial charge in [-0.3, -0.25) is 9.13 Å². The number of imidazole rings is 1. The zero-order chi connectivity index (χ0) is 55.2.